The predicted octanol–water partition coefficient (Wildman–Crippen LogP) is 4.70. The van der Waals surface area contributed by atoms with Gasteiger partial charge in [0.1, 0.15) is 12.6 Å². The summed E-state index contributed by atoms with van der Waals surface area (Å²) >= 11 is 0. The number of fused-ring (bicyclic) bond motifs is 3. The molecule has 0 bridgehead atoms. The average Bonchev–Trinajstić information content (AvgIpc) is 3.38. The highest BCUT2D eigenvalue weighted by Gasteiger charge is 2.32. The summed E-state index contributed by atoms with van der Waals surface area (Å²) in [5.74, 6) is -0.820. The third-order valence-electron chi connectivity index (χ3n) is 7.01. The van der Waals surface area contributed by atoms with Crippen LogP contribution in [0.15, 0.2) is 48.5 Å². The van der Waals surface area contributed by atoms with Crippen molar-refractivity contribution in [1.29, 1.82) is 0 Å². The maximum atomic E-state index is 13.0. The van der Waals surface area contributed by atoms with E-state index in [9.17, 15) is 14.4 Å². The molecule has 35 heavy (non-hydrogen) atoms. The lowest BCUT2D eigenvalue weighted by atomic mass is 9.98. The third kappa shape index (κ3) is 6.02. The maximum absolute atomic E-state index is 13.0. The zero-order valence-corrected chi connectivity index (χ0v) is 20.3. The molecule has 3 atom stereocenters. The van der Waals surface area contributed by atoms with Crippen LogP contribution >= 0.6 is 0 Å². The van der Waals surface area contributed by atoms with E-state index in [1.54, 1.807) is 0 Å². The normalized spacial score (nSPS) is 19.6. The van der Waals surface area contributed by atoms with Crippen LogP contribution in [0.4, 0.5) is 4.79 Å². The molecule has 0 heterocycles. The van der Waals surface area contributed by atoms with Crippen LogP contribution in [0.3, 0.4) is 0 Å². The summed E-state index contributed by atoms with van der Waals surface area (Å²) in [7, 11) is 0. The highest BCUT2D eigenvalue weighted by Crippen LogP contribution is 2.44. The Balaban J connectivity index is 1.35. The van der Waals surface area contributed by atoms with Gasteiger partial charge in [-0.25, -0.2) is 4.79 Å². The molecule has 0 radical (unpaired) electrons. The number of benzene rings is 2. The first-order chi connectivity index (χ1) is 16.8. The van der Waals surface area contributed by atoms with Gasteiger partial charge in [0.2, 0.25) is 5.91 Å². The largest absolute Gasteiger partial charge is 0.481 e. The van der Waals surface area contributed by atoms with E-state index in [1.165, 1.54) is 0 Å². The van der Waals surface area contributed by atoms with Crippen molar-refractivity contribution in [2.75, 3.05) is 6.61 Å². The fourth-order valence-electron chi connectivity index (χ4n) is 5.43. The molecule has 0 saturated heterocycles. The SMILES string of the molecule is CC(C)C[C@@H](NC(=O)OCC1c2ccccc2-c2ccccc21)C(=O)N[C@@H]1CC[C@H](CC(=O)O)C1. The van der Waals surface area contributed by atoms with E-state index in [1.807, 2.05) is 38.1 Å². The molecule has 2 aromatic carbocycles. The zero-order valence-electron chi connectivity index (χ0n) is 20.3. The zero-order chi connectivity index (χ0) is 24.9. The van der Waals surface area contributed by atoms with E-state index < -0.39 is 18.1 Å². The van der Waals surface area contributed by atoms with Crippen molar-refractivity contribution in [3.8, 4) is 11.1 Å². The van der Waals surface area contributed by atoms with Crippen molar-refractivity contribution in [1.82, 2.24) is 10.6 Å². The number of hydrogen-bond donors (Lipinski definition) is 3. The van der Waals surface area contributed by atoms with Crippen LogP contribution in [-0.2, 0) is 14.3 Å². The summed E-state index contributed by atoms with van der Waals surface area (Å²) < 4.78 is 5.64. The van der Waals surface area contributed by atoms with Crippen LogP contribution in [0.1, 0.15) is 63.0 Å². The van der Waals surface area contributed by atoms with Crippen molar-refractivity contribution in [3.05, 3.63) is 59.7 Å². The fourth-order valence-corrected chi connectivity index (χ4v) is 5.43. The third-order valence-corrected chi connectivity index (χ3v) is 7.01. The molecule has 2 aromatic rings. The van der Waals surface area contributed by atoms with Crippen LogP contribution in [0, 0.1) is 11.8 Å². The van der Waals surface area contributed by atoms with E-state index >= 15 is 0 Å². The maximum Gasteiger partial charge on any atom is 0.407 e. The molecule has 1 saturated carbocycles. The molecular weight excluding hydrogens is 444 g/mol. The molecule has 2 aliphatic carbocycles. The van der Waals surface area contributed by atoms with Gasteiger partial charge >= 0.3 is 12.1 Å². The molecular formula is C28H34N2O5. The van der Waals surface area contributed by atoms with Crippen LogP contribution in [0.5, 0.6) is 0 Å². The number of amides is 2. The number of hydrogen-bond acceptors (Lipinski definition) is 4. The van der Waals surface area contributed by atoms with Crippen LogP contribution in [-0.4, -0.2) is 41.8 Å². The Bertz CT molecular complexity index is 1040. The second-order valence-electron chi connectivity index (χ2n) is 10.1. The lowest BCUT2D eigenvalue weighted by Gasteiger charge is -2.23. The number of carbonyl (C=O) groups excluding carboxylic acids is 2. The summed E-state index contributed by atoms with van der Waals surface area (Å²) in [6.45, 7) is 4.19. The van der Waals surface area contributed by atoms with E-state index in [0.717, 1.165) is 35.1 Å². The van der Waals surface area contributed by atoms with Gasteiger partial charge in [0.15, 0.2) is 0 Å². The Morgan fingerprint density at radius 1 is 1.00 bits per heavy atom. The minimum absolute atomic E-state index is 0.0461. The van der Waals surface area contributed by atoms with Gasteiger partial charge in [0, 0.05) is 18.4 Å². The molecule has 0 unspecified atom stereocenters. The van der Waals surface area contributed by atoms with Gasteiger partial charge in [0.05, 0.1) is 0 Å². The molecule has 3 N–H and O–H groups in total. The molecule has 7 nitrogen and oxygen atoms in total. The van der Waals surface area contributed by atoms with Crippen molar-refractivity contribution >= 4 is 18.0 Å². The number of carboxylic acid groups (broad SMARTS) is 1. The van der Waals surface area contributed by atoms with Gasteiger partial charge in [-0.3, -0.25) is 9.59 Å². The number of aliphatic carboxylic acids is 1. The second-order valence-corrected chi connectivity index (χ2v) is 10.1. The molecule has 0 spiro atoms. The number of alkyl carbamates (subject to hydrolysis) is 1. The topological polar surface area (TPSA) is 105 Å². The summed E-state index contributed by atoms with van der Waals surface area (Å²) in [5.41, 5.74) is 4.59. The van der Waals surface area contributed by atoms with Crippen molar-refractivity contribution < 1.29 is 24.2 Å². The predicted molar refractivity (Wildman–Crippen MR) is 133 cm³/mol. The lowest BCUT2D eigenvalue weighted by Crippen LogP contribution is -2.50. The van der Waals surface area contributed by atoms with Crippen molar-refractivity contribution in [3.63, 3.8) is 0 Å². The lowest BCUT2D eigenvalue weighted by molar-refractivity contribution is -0.138. The summed E-state index contributed by atoms with van der Waals surface area (Å²) in [4.78, 5) is 36.7. The van der Waals surface area contributed by atoms with Crippen molar-refractivity contribution in [2.24, 2.45) is 11.8 Å². The molecule has 0 aliphatic heterocycles. The minimum atomic E-state index is -0.809. The van der Waals surface area contributed by atoms with Crippen LogP contribution < -0.4 is 10.6 Å². The smallest absolute Gasteiger partial charge is 0.407 e. The first-order valence-corrected chi connectivity index (χ1v) is 12.5. The molecule has 186 valence electrons. The number of ether oxygens (including phenoxy) is 1. The van der Waals surface area contributed by atoms with Gasteiger partial charge in [-0.2, -0.15) is 0 Å². The summed E-state index contributed by atoms with van der Waals surface area (Å²) in [6, 6.07) is 15.5. The number of nitrogens with one attached hydrogen (secondary N) is 2. The van der Waals surface area contributed by atoms with Gasteiger partial charge in [-0.15, -0.1) is 0 Å². The highest BCUT2D eigenvalue weighted by molar-refractivity contribution is 5.86. The van der Waals surface area contributed by atoms with E-state index in [-0.39, 0.29) is 42.7 Å². The Kier molecular flexibility index (Phi) is 7.73. The highest BCUT2D eigenvalue weighted by atomic mass is 16.5. The Labute approximate surface area is 206 Å². The molecule has 4 rings (SSSR count). The van der Waals surface area contributed by atoms with Crippen LogP contribution in [0.25, 0.3) is 11.1 Å². The average molecular weight is 479 g/mol. The molecule has 1 fully saturated rings. The second kappa shape index (κ2) is 10.9. The Hall–Kier alpha value is -3.35. The first kappa shape index (κ1) is 24.8. The van der Waals surface area contributed by atoms with Gasteiger partial charge in [-0.1, -0.05) is 62.4 Å². The molecule has 2 aliphatic rings. The standard InChI is InChI=1S/C28H34N2O5/c1-17(2)13-25(27(33)29-19-12-11-18(14-19)15-26(31)32)30-28(34)35-16-24-22-9-5-3-7-20(22)21-8-4-6-10-23(21)24/h3-10,17-19,24-25H,11-16H2,1-2H3,(H,29,33)(H,30,34)(H,31,32)/t18-,19+,25+/m0/s1. The molecule has 7 heteroatoms. The quantitative estimate of drug-likeness (QED) is 0.485. The fraction of sp³-hybridized carbons (Fsp3) is 0.464. The summed E-state index contributed by atoms with van der Waals surface area (Å²) in [6.07, 6.45) is 2.19. The Morgan fingerprint density at radius 2 is 1.63 bits per heavy atom. The number of carboxylic acids is 1. The summed E-state index contributed by atoms with van der Waals surface area (Å²) in [5, 5.41) is 14.8. The molecule has 2 amide bonds. The number of carbonyl (C=O) groups is 3. The van der Waals surface area contributed by atoms with E-state index in [2.05, 4.69) is 34.9 Å². The minimum Gasteiger partial charge on any atom is -0.481 e. The number of rotatable bonds is 9. The van der Waals surface area contributed by atoms with E-state index in [4.69, 9.17) is 9.84 Å². The Morgan fingerprint density at radius 3 is 2.23 bits per heavy atom. The van der Waals surface area contributed by atoms with Crippen LogP contribution in [0.2, 0.25) is 0 Å². The first-order valence-electron chi connectivity index (χ1n) is 12.5. The van der Waals surface area contributed by atoms with E-state index in [0.29, 0.717) is 12.8 Å². The molecule has 0 aromatic heterocycles. The monoisotopic (exact) mass is 478 g/mol. The van der Waals surface area contributed by atoms with Gasteiger partial charge in [-0.05, 0) is 59.8 Å². The van der Waals surface area contributed by atoms with Crippen molar-refractivity contribution in [2.45, 2.75) is 64.0 Å². The van der Waals surface area contributed by atoms with Gasteiger partial charge < -0.3 is 20.5 Å². The van der Waals surface area contributed by atoms with Gasteiger partial charge in [0.25, 0.3) is 0 Å².